The minimum Gasteiger partial charge on any atom is -0.354 e. The van der Waals surface area contributed by atoms with E-state index in [1.54, 1.807) is 0 Å². The number of piperazine rings is 1. The molecule has 0 unspecified atom stereocenters. The smallest absolute Gasteiger partial charge is 0.185 e. The summed E-state index contributed by atoms with van der Waals surface area (Å²) < 4.78 is 4.87. The fourth-order valence-corrected chi connectivity index (χ4v) is 3.69. The molecule has 0 radical (unpaired) electrons. The molecule has 0 spiro atoms. The second kappa shape index (κ2) is 7.61. The third-order valence-electron chi connectivity index (χ3n) is 4.63. The van der Waals surface area contributed by atoms with E-state index in [2.05, 4.69) is 25.4 Å². The van der Waals surface area contributed by atoms with Crippen LogP contribution in [0.1, 0.15) is 0 Å². The summed E-state index contributed by atoms with van der Waals surface area (Å²) >= 11 is 11.8. The molecule has 0 aliphatic carbocycles. The van der Waals surface area contributed by atoms with Crippen molar-refractivity contribution in [2.24, 2.45) is 0 Å². The van der Waals surface area contributed by atoms with E-state index in [4.69, 9.17) is 23.8 Å². The van der Waals surface area contributed by atoms with Crippen LogP contribution >= 0.6 is 23.8 Å². The first kappa shape index (κ1) is 17.3. The van der Waals surface area contributed by atoms with E-state index in [9.17, 15) is 0 Å². The number of nitrogens with zero attached hydrogens (tertiary/aromatic N) is 5. The zero-order valence-corrected chi connectivity index (χ0v) is 15.9. The summed E-state index contributed by atoms with van der Waals surface area (Å²) in [4.78, 5) is 9.18. The SMILES string of the molecule is S=c1n(CN2CCN(c3ccccn3)CC2)ccn1-c1cccc(Cl)c1. The van der Waals surface area contributed by atoms with Crippen molar-refractivity contribution in [3.05, 3.63) is 70.8 Å². The molecule has 1 aliphatic rings. The van der Waals surface area contributed by atoms with Crippen LogP contribution in [0.3, 0.4) is 0 Å². The number of halogens is 1. The van der Waals surface area contributed by atoms with Gasteiger partial charge in [-0.2, -0.15) is 0 Å². The van der Waals surface area contributed by atoms with Gasteiger partial charge in [-0.3, -0.25) is 9.47 Å². The highest BCUT2D eigenvalue weighted by Gasteiger charge is 2.18. The topological polar surface area (TPSA) is 29.2 Å². The van der Waals surface area contributed by atoms with Gasteiger partial charge in [0.15, 0.2) is 4.77 Å². The van der Waals surface area contributed by atoms with Crippen LogP contribution in [-0.2, 0) is 6.67 Å². The largest absolute Gasteiger partial charge is 0.354 e. The molecule has 1 aromatic carbocycles. The van der Waals surface area contributed by atoms with Gasteiger partial charge in [0.25, 0.3) is 0 Å². The molecule has 0 saturated carbocycles. The number of hydrogen-bond acceptors (Lipinski definition) is 4. The molecule has 0 N–H and O–H groups in total. The molecule has 1 saturated heterocycles. The van der Waals surface area contributed by atoms with Crippen LogP contribution in [-0.4, -0.2) is 45.2 Å². The van der Waals surface area contributed by atoms with E-state index in [0.717, 1.165) is 49.1 Å². The molecule has 1 fully saturated rings. The van der Waals surface area contributed by atoms with Gasteiger partial charge in [-0.25, -0.2) is 4.98 Å². The highest BCUT2D eigenvalue weighted by molar-refractivity contribution is 7.71. The highest BCUT2D eigenvalue weighted by atomic mass is 35.5. The molecule has 3 aromatic rings. The van der Waals surface area contributed by atoms with Crippen molar-refractivity contribution in [3.8, 4) is 5.69 Å². The van der Waals surface area contributed by atoms with Gasteiger partial charge in [0.2, 0.25) is 0 Å². The summed E-state index contributed by atoms with van der Waals surface area (Å²) in [5.74, 6) is 1.05. The average molecular weight is 386 g/mol. The molecule has 2 aromatic heterocycles. The molecule has 5 nitrogen and oxygen atoms in total. The lowest BCUT2D eigenvalue weighted by molar-refractivity contribution is 0.204. The van der Waals surface area contributed by atoms with E-state index in [1.807, 2.05) is 59.6 Å². The van der Waals surface area contributed by atoms with Gasteiger partial charge in [0.1, 0.15) is 5.82 Å². The summed E-state index contributed by atoms with van der Waals surface area (Å²) in [6.07, 6.45) is 5.88. The molecule has 0 amide bonds. The predicted octanol–water partition coefficient (Wildman–Crippen LogP) is 3.84. The Bertz CT molecular complexity index is 928. The van der Waals surface area contributed by atoms with Crippen LogP contribution in [0.25, 0.3) is 5.69 Å². The van der Waals surface area contributed by atoms with Gasteiger partial charge in [0.05, 0.1) is 6.67 Å². The number of hydrogen-bond donors (Lipinski definition) is 0. The fraction of sp³-hybridized carbons (Fsp3) is 0.263. The van der Waals surface area contributed by atoms with Gasteiger partial charge in [0, 0.05) is 55.5 Å². The molecule has 26 heavy (non-hydrogen) atoms. The minimum atomic E-state index is 0.711. The number of imidazole rings is 1. The first-order chi connectivity index (χ1) is 12.7. The van der Waals surface area contributed by atoms with Crippen LogP contribution < -0.4 is 4.90 Å². The van der Waals surface area contributed by atoms with E-state index in [0.29, 0.717) is 5.02 Å². The van der Waals surface area contributed by atoms with Gasteiger partial charge in [-0.05, 0) is 42.5 Å². The Morgan fingerprint density at radius 3 is 2.58 bits per heavy atom. The number of aromatic nitrogens is 3. The summed E-state index contributed by atoms with van der Waals surface area (Å²) in [7, 11) is 0. The third-order valence-corrected chi connectivity index (χ3v) is 5.30. The van der Waals surface area contributed by atoms with Crippen molar-refractivity contribution in [1.82, 2.24) is 19.0 Å². The molecular formula is C19H20ClN5S. The number of anilines is 1. The molecule has 0 atom stereocenters. The molecule has 134 valence electrons. The second-order valence-electron chi connectivity index (χ2n) is 6.33. The van der Waals surface area contributed by atoms with Gasteiger partial charge in [-0.15, -0.1) is 0 Å². The van der Waals surface area contributed by atoms with Gasteiger partial charge < -0.3 is 9.47 Å². The van der Waals surface area contributed by atoms with E-state index in [-0.39, 0.29) is 0 Å². The van der Waals surface area contributed by atoms with Crippen LogP contribution in [0.2, 0.25) is 5.02 Å². The lowest BCUT2D eigenvalue weighted by Gasteiger charge is -2.35. The van der Waals surface area contributed by atoms with Gasteiger partial charge in [-0.1, -0.05) is 23.7 Å². The Morgan fingerprint density at radius 2 is 1.85 bits per heavy atom. The monoisotopic (exact) mass is 385 g/mol. The third kappa shape index (κ3) is 3.67. The Labute approximate surface area is 163 Å². The van der Waals surface area contributed by atoms with Crippen molar-refractivity contribution >= 4 is 29.6 Å². The van der Waals surface area contributed by atoms with Crippen LogP contribution in [0, 0.1) is 4.77 Å². The average Bonchev–Trinajstić information content (AvgIpc) is 3.03. The maximum absolute atomic E-state index is 6.10. The quantitative estimate of drug-likeness (QED) is 0.638. The van der Waals surface area contributed by atoms with Crippen molar-refractivity contribution in [1.29, 1.82) is 0 Å². The fourth-order valence-electron chi connectivity index (χ4n) is 3.22. The Hall–Kier alpha value is -2.15. The van der Waals surface area contributed by atoms with Crippen LogP contribution in [0.4, 0.5) is 5.82 Å². The first-order valence-corrected chi connectivity index (χ1v) is 9.41. The zero-order valence-electron chi connectivity index (χ0n) is 14.3. The van der Waals surface area contributed by atoms with E-state index >= 15 is 0 Å². The van der Waals surface area contributed by atoms with Crippen LogP contribution in [0.15, 0.2) is 61.1 Å². The predicted molar refractivity (Wildman–Crippen MR) is 108 cm³/mol. The van der Waals surface area contributed by atoms with Crippen molar-refractivity contribution < 1.29 is 0 Å². The number of benzene rings is 1. The zero-order chi connectivity index (χ0) is 17.9. The maximum Gasteiger partial charge on any atom is 0.185 e. The lowest BCUT2D eigenvalue weighted by Crippen LogP contribution is -2.47. The minimum absolute atomic E-state index is 0.711. The summed E-state index contributed by atoms with van der Waals surface area (Å²) in [5.41, 5.74) is 0.987. The molecule has 7 heteroatoms. The normalized spacial score (nSPS) is 15.3. The molecule has 1 aliphatic heterocycles. The standard InChI is InChI=1S/C19H20ClN5S/c20-16-4-3-5-17(14-16)25-13-12-24(19(25)26)15-22-8-10-23(11-9-22)18-6-1-2-7-21-18/h1-7,12-14H,8-11,15H2. The molecule has 0 bridgehead atoms. The Morgan fingerprint density at radius 1 is 1.00 bits per heavy atom. The molecule has 3 heterocycles. The first-order valence-electron chi connectivity index (χ1n) is 8.63. The van der Waals surface area contributed by atoms with Crippen molar-refractivity contribution in [2.75, 3.05) is 31.1 Å². The summed E-state index contributed by atoms with van der Waals surface area (Å²) in [6.45, 7) is 4.71. The number of rotatable bonds is 4. The summed E-state index contributed by atoms with van der Waals surface area (Å²) in [5, 5.41) is 0.711. The number of pyridine rings is 1. The highest BCUT2D eigenvalue weighted by Crippen LogP contribution is 2.17. The Balaban J connectivity index is 1.42. The lowest BCUT2D eigenvalue weighted by atomic mass is 10.3. The van der Waals surface area contributed by atoms with E-state index in [1.165, 1.54) is 0 Å². The molecular weight excluding hydrogens is 366 g/mol. The molecule has 4 rings (SSSR count). The summed E-state index contributed by atoms with van der Waals surface area (Å²) in [6, 6.07) is 13.8. The van der Waals surface area contributed by atoms with Crippen molar-refractivity contribution in [3.63, 3.8) is 0 Å². The van der Waals surface area contributed by atoms with Crippen molar-refractivity contribution in [2.45, 2.75) is 6.67 Å². The van der Waals surface area contributed by atoms with E-state index < -0.39 is 0 Å². The maximum atomic E-state index is 6.10. The Kier molecular flexibility index (Phi) is 5.06. The van der Waals surface area contributed by atoms with Crippen LogP contribution in [0.5, 0.6) is 0 Å². The second-order valence-corrected chi connectivity index (χ2v) is 7.14. The van der Waals surface area contributed by atoms with Gasteiger partial charge >= 0.3 is 0 Å².